The molecule has 106 valence electrons. The summed E-state index contributed by atoms with van der Waals surface area (Å²) in [6.45, 7) is 0. The topological polar surface area (TPSA) is 55.1 Å². The van der Waals surface area contributed by atoms with Gasteiger partial charge >= 0.3 is 0 Å². The molecular formula is C16H14NO3S+. The molecule has 0 aliphatic carbocycles. The number of fused-ring (bicyclic) bond motifs is 1. The van der Waals surface area contributed by atoms with Crippen molar-refractivity contribution in [1.29, 1.82) is 0 Å². The van der Waals surface area contributed by atoms with Crippen LogP contribution in [0.2, 0.25) is 0 Å². The lowest BCUT2D eigenvalue weighted by atomic mass is 10.1. The summed E-state index contributed by atoms with van der Waals surface area (Å²) in [6, 6.07) is 10.1. The van der Waals surface area contributed by atoms with E-state index >= 15 is 0 Å². The molecule has 0 radical (unpaired) electrons. The van der Waals surface area contributed by atoms with Crippen LogP contribution in [0.5, 0.6) is 0 Å². The fraction of sp³-hybridized carbons (Fsp3) is 0.125. The minimum Gasteiger partial charge on any atom is -0.288 e. The number of Topliss-reactive ketones (excluding diaryl/α,β-unsaturated/α-hetero) is 1. The number of carbonyl (C=O) groups excluding carboxylic acids is 1. The van der Waals surface area contributed by atoms with Gasteiger partial charge in [-0.1, -0.05) is 18.2 Å². The Hall–Kier alpha value is -2.27. The molecule has 2 heterocycles. The minimum atomic E-state index is -3.67. The number of aromatic nitrogens is 1. The number of nitrogens with zero attached hydrogens (tertiary/aromatic N) is 1. The average molecular weight is 300 g/mol. The lowest BCUT2D eigenvalue weighted by Gasteiger charge is -1.98. The summed E-state index contributed by atoms with van der Waals surface area (Å²) < 4.78 is 26.6. The first-order valence-corrected chi connectivity index (χ1v) is 8.01. The first-order chi connectivity index (χ1) is 10.00. The molecule has 0 saturated carbocycles. The fourth-order valence-electron chi connectivity index (χ4n) is 2.34. The quantitative estimate of drug-likeness (QED) is 0.625. The van der Waals surface area contributed by atoms with Crippen molar-refractivity contribution >= 4 is 15.6 Å². The molecule has 3 rings (SSSR count). The van der Waals surface area contributed by atoms with Crippen molar-refractivity contribution in [2.45, 2.75) is 11.3 Å². The number of hydrogen-bond acceptors (Lipinski definition) is 3. The number of carbonyl (C=O) groups is 1. The van der Waals surface area contributed by atoms with E-state index in [0.29, 0.717) is 6.42 Å². The lowest BCUT2D eigenvalue weighted by Crippen LogP contribution is -2.25. The van der Waals surface area contributed by atoms with Gasteiger partial charge in [-0.3, -0.25) is 4.79 Å². The average Bonchev–Trinajstić information content (AvgIpc) is 2.67. The third-order valence-electron chi connectivity index (χ3n) is 3.51. The van der Waals surface area contributed by atoms with Crippen LogP contribution in [-0.4, -0.2) is 14.2 Å². The molecule has 0 bridgehead atoms. The Morgan fingerprint density at radius 3 is 2.43 bits per heavy atom. The molecule has 0 spiro atoms. The third-order valence-corrected chi connectivity index (χ3v) is 5.37. The summed E-state index contributed by atoms with van der Waals surface area (Å²) in [4.78, 5) is 12.2. The van der Waals surface area contributed by atoms with Gasteiger partial charge in [0.25, 0.3) is 0 Å². The number of ketones is 1. The molecule has 4 nitrogen and oxygen atoms in total. The van der Waals surface area contributed by atoms with Crippen LogP contribution in [0.15, 0.2) is 64.7 Å². The zero-order valence-electron chi connectivity index (χ0n) is 11.5. The third kappa shape index (κ3) is 2.29. The molecule has 0 atom stereocenters. The first-order valence-electron chi connectivity index (χ1n) is 6.53. The second-order valence-electron chi connectivity index (χ2n) is 4.97. The van der Waals surface area contributed by atoms with E-state index in [1.807, 2.05) is 36.1 Å². The molecule has 0 fully saturated rings. The molecule has 1 aromatic carbocycles. The normalized spacial score (nSPS) is 18.0. The van der Waals surface area contributed by atoms with Crippen molar-refractivity contribution in [3.05, 3.63) is 70.9 Å². The SMILES string of the molecule is C[n+]1ccc(CC=C2C(=O)c3ccccc3S2(=O)=O)cc1. The Morgan fingerprint density at radius 2 is 1.76 bits per heavy atom. The predicted molar refractivity (Wildman–Crippen MR) is 77.4 cm³/mol. The number of pyridine rings is 1. The van der Waals surface area contributed by atoms with Gasteiger partial charge in [0, 0.05) is 17.7 Å². The molecule has 5 heteroatoms. The smallest absolute Gasteiger partial charge is 0.210 e. The number of benzene rings is 1. The monoisotopic (exact) mass is 300 g/mol. The van der Waals surface area contributed by atoms with Crippen LogP contribution in [0, 0.1) is 0 Å². The molecular weight excluding hydrogens is 286 g/mol. The summed E-state index contributed by atoms with van der Waals surface area (Å²) in [6.07, 6.45) is 5.68. The van der Waals surface area contributed by atoms with Crippen molar-refractivity contribution < 1.29 is 17.8 Å². The number of rotatable bonds is 2. The van der Waals surface area contributed by atoms with Crippen LogP contribution < -0.4 is 4.57 Å². The van der Waals surface area contributed by atoms with Gasteiger partial charge in [-0.25, -0.2) is 13.0 Å². The predicted octanol–water partition coefficient (Wildman–Crippen LogP) is 1.61. The number of aryl methyl sites for hydroxylation is 1. The fourth-order valence-corrected chi connectivity index (χ4v) is 3.94. The molecule has 0 saturated heterocycles. The molecule has 0 N–H and O–H groups in total. The highest BCUT2D eigenvalue weighted by Gasteiger charge is 2.38. The Bertz CT molecular complexity index is 849. The number of hydrogen-bond donors (Lipinski definition) is 0. The molecule has 2 aromatic rings. The Labute approximate surface area is 123 Å². The van der Waals surface area contributed by atoms with E-state index in [1.165, 1.54) is 12.1 Å². The maximum atomic E-state index is 12.4. The minimum absolute atomic E-state index is 0.112. The molecule has 1 aliphatic heterocycles. The molecule has 0 unspecified atom stereocenters. The van der Waals surface area contributed by atoms with Gasteiger partial charge in [0.1, 0.15) is 12.0 Å². The van der Waals surface area contributed by atoms with E-state index in [4.69, 9.17) is 0 Å². The first kappa shape index (κ1) is 13.7. The zero-order valence-corrected chi connectivity index (χ0v) is 12.3. The van der Waals surface area contributed by atoms with E-state index in [2.05, 4.69) is 0 Å². The van der Waals surface area contributed by atoms with Gasteiger partial charge in [0.15, 0.2) is 12.4 Å². The highest BCUT2D eigenvalue weighted by atomic mass is 32.2. The summed E-state index contributed by atoms with van der Waals surface area (Å²) in [5.74, 6) is -0.410. The lowest BCUT2D eigenvalue weighted by molar-refractivity contribution is -0.671. The molecule has 0 amide bonds. The highest BCUT2D eigenvalue weighted by Crippen LogP contribution is 2.33. The van der Waals surface area contributed by atoms with Crippen molar-refractivity contribution in [2.75, 3.05) is 0 Å². The Balaban J connectivity index is 1.99. The highest BCUT2D eigenvalue weighted by molar-refractivity contribution is 7.97. The van der Waals surface area contributed by atoms with Crippen molar-refractivity contribution in [3.8, 4) is 0 Å². The van der Waals surface area contributed by atoms with Gasteiger partial charge in [-0.05, 0) is 24.1 Å². The van der Waals surface area contributed by atoms with Crippen molar-refractivity contribution in [3.63, 3.8) is 0 Å². The van der Waals surface area contributed by atoms with Gasteiger partial charge < -0.3 is 0 Å². The van der Waals surface area contributed by atoms with E-state index in [1.54, 1.807) is 18.2 Å². The van der Waals surface area contributed by atoms with Crippen LogP contribution in [0.3, 0.4) is 0 Å². The Morgan fingerprint density at radius 1 is 1.10 bits per heavy atom. The van der Waals surface area contributed by atoms with E-state index < -0.39 is 15.6 Å². The summed E-state index contributed by atoms with van der Waals surface area (Å²) in [7, 11) is -1.76. The zero-order chi connectivity index (χ0) is 15.0. The van der Waals surface area contributed by atoms with Gasteiger partial charge in [0.2, 0.25) is 15.6 Å². The van der Waals surface area contributed by atoms with Crippen LogP contribution in [0.25, 0.3) is 0 Å². The second-order valence-corrected chi connectivity index (χ2v) is 6.86. The van der Waals surface area contributed by atoms with Crippen molar-refractivity contribution in [2.24, 2.45) is 7.05 Å². The van der Waals surface area contributed by atoms with E-state index in [-0.39, 0.29) is 15.4 Å². The van der Waals surface area contributed by atoms with E-state index in [0.717, 1.165) is 5.56 Å². The molecule has 1 aromatic heterocycles. The maximum absolute atomic E-state index is 12.4. The van der Waals surface area contributed by atoms with Gasteiger partial charge in [-0.15, -0.1) is 0 Å². The molecule has 21 heavy (non-hydrogen) atoms. The van der Waals surface area contributed by atoms with Crippen LogP contribution >= 0.6 is 0 Å². The van der Waals surface area contributed by atoms with Gasteiger partial charge in [-0.2, -0.15) is 0 Å². The molecule has 1 aliphatic rings. The summed E-state index contributed by atoms with van der Waals surface area (Å²) in [5.41, 5.74) is 1.22. The van der Waals surface area contributed by atoms with Crippen molar-refractivity contribution in [1.82, 2.24) is 0 Å². The Kier molecular flexibility index (Phi) is 3.22. The van der Waals surface area contributed by atoms with Crippen LogP contribution in [-0.2, 0) is 23.3 Å². The van der Waals surface area contributed by atoms with Crippen LogP contribution in [0.1, 0.15) is 15.9 Å². The number of sulfone groups is 1. The number of allylic oxidation sites excluding steroid dienone is 2. The second kappa shape index (κ2) is 4.93. The standard InChI is InChI=1S/C16H14NO3S/c1-17-10-8-12(9-11-17)6-7-15-16(18)13-4-2-3-5-14(13)21(15,19)20/h2-5,7-11H,6H2,1H3/q+1. The van der Waals surface area contributed by atoms with E-state index in [9.17, 15) is 13.2 Å². The summed E-state index contributed by atoms with van der Waals surface area (Å²) >= 11 is 0. The largest absolute Gasteiger partial charge is 0.288 e. The summed E-state index contributed by atoms with van der Waals surface area (Å²) in [5, 5.41) is 0. The van der Waals surface area contributed by atoms with Gasteiger partial charge in [0.05, 0.1) is 4.90 Å². The maximum Gasteiger partial charge on any atom is 0.210 e. The van der Waals surface area contributed by atoms with Crippen LogP contribution in [0.4, 0.5) is 0 Å².